The molecular formula is C27H46S. The molecule has 0 aromatic carbocycles. The Labute approximate surface area is 181 Å². The van der Waals surface area contributed by atoms with Crippen molar-refractivity contribution in [3.63, 3.8) is 0 Å². The van der Waals surface area contributed by atoms with Crippen molar-refractivity contribution in [3.05, 3.63) is 11.6 Å². The van der Waals surface area contributed by atoms with Crippen molar-refractivity contribution < 1.29 is 0 Å². The van der Waals surface area contributed by atoms with Crippen LogP contribution in [0.2, 0.25) is 0 Å². The first kappa shape index (κ1) is 21.3. The summed E-state index contributed by atoms with van der Waals surface area (Å²) < 4.78 is 0. The summed E-state index contributed by atoms with van der Waals surface area (Å²) in [5.41, 5.74) is 2.92. The Morgan fingerprint density at radius 3 is 2.68 bits per heavy atom. The summed E-state index contributed by atoms with van der Waals surface area (Å²) in [6.45, 7) is 12.7. The summed E-state index contributed by atoms with van der Waals surface area (Å²) in [7, 11) is 0. The van der Waals surface area contributed by atoms with Crippen LogP contribution in [0, 0.1) is 46.3 Å². The molecule has 0 aromatic rings. The standard InChI is InChI=1S/C27H46S/c1-18(2)8-6-7-9-20-16-19(3)25-23-11-10-21-17-22(28)12-14-26(21,4)24(23)13-15-27(20,25)5/h10,18-20,22-25,28H,6-9,11-17H2,1-5H3/t19-,20?,22-,23?,24?,25?,26-,27+/m0/s1. The van der Waals surface area contributed by atoms with Crippen LogP contribution in [0.5, 0.6) is 0 Å². The van der Waals surface area contributed by atoms with E-state index in [2.05, 4.69) is 40.7 Å². The molecule has 0 spiro atoms. The summed E-state index contributed by atoms with van der Waals surface area (Å²) >= 11 is 4.85. The Balaban J connectivity index is 1.50. The number of unbranched alkanes of at least 4 members (excludes halogenated alkanes) is 1. The fourth-order valence-corrected chi connectivity index (χ4v) is 9.05. The molecule has 4 unspecified atom stereocenters. The highest BCUT2D eigenvalue weighted by Gasteiger charge is 2.60. The van der Waals surface area contributed by atoms with Gasteiger partial charge >= 0.3 is 0 Å². The van der Waals surface area contributed by atoms with Crippen molar-refractivity contribution in [3.8, 4) is 0 Å². The lowest BCUT2D eigenvalue weighted by atomic mass is 9.46. The third-order valence-electron chi connectivity index (χ3n) is 10.2. The van der Waals surface area contributed by atoms with Crippen LogP contribution in [-0.2, 0) is 0 Å². The zero-order valence-corrected chi connectivity index (χ0v) is 20.2. The normalized spacial score (nSPS) is 48.0. The van der Waals surface area contributed by atoms with Crippen LogP contribution in [0.3, 0.4) is 0 Å². The Morgan fingerprint density at radius 1 is 1.14 bits per heavy atom. The monoisotopic (exact) mass is 402 g/mol. The van der Waals surface area contributed by atoms with Crippen LogP contribution in [0.1, 0.15) is 105 Å². The maximum absolute atomic E-state index is 4.85. The maximum atomic E-state index is 4.85. The number of allylic oxidation sites excluding steroid dienone is 2. The van der Waals surface area contributed by atoms with Crippen LogP contribution in [0.15, 0.2) is 11.6 Å². The molecule has 0 aromatic heterocycles. The second-order valence-electron chi connectivity index (χ2n) is 12.2. The Bertz CT molecular complexity index is 591. The molecule has 3 saturated carbocycles. The molecule has 4 rings (SSSR count). The van der Waals surface area contributed by atoms with Gasteiger partial charge in [-0.2, -0.15) is 12.6 Å². The fourth-order valence-electron chi connectivity index (χ4n) is 8.73. The van der Waals surface area contributed by atoms with Crippen LogP contribution in [0.25, 0.3) is 0 Å². The van der Waals surface area contributed by atoms with Crippen molar-refractivity contribution in [1.29, 1.82) is 0 Å². The Kier molecular flexibility index (Phi) is 6.07. The van der Waals surface area contributed by atoms with Crippen molar-refractivity contribution in [2.45, 2.75) is 110 Å². The summed E-state index contributed by atoms with van der Waals surface area (Å²) in [5, 5.41) is 0.616. The molecule has 4 aliphatic carbocycles. The predicted molar refractivity (Wildman–Crippen MR) is 126 cm³/mol. The zero-order valence-electron chi connectivity index (χ0n) is 19.3. The number of hydrogen-bond donors (Lipinski definition) is 1. The average Bonchev–Trinajstić information content (AvgIpc) is 2.89. The lowest BCUT2D eigenvalue weighted by Gasteiger charge is -2.58. The first-order valence-corrected chi connectivity index (χ1v) is 13.1. The van der Waals surface area contributed by atoms with Gasteiger partial charge < -0.3 is 0 Å². The first-order chi connectivity index (χ1) is 13.3. The molecule has 0 N–H and O–H groups in total. The summed E-state index contributed by atoms with van der Waals surface area (Å²) in [4.78, 5) is 0. The van der Waals surface area contributed by atoms with Gasteiger partial charge in [-0.25, -0.2) is 0 Å². The summed E-state index contributed by atoms with van der Waals surface area (Å²) in [5.74, 6) is 5.69. The highest BCUT2D eigenvalue weighted by atomic mass is 32.1. The molecule has 8 atom stereocenters. The maximum Gasteiger partial charge on any atom is 0.00545 e. The summed E-state index contributed by atoms with van der Waals surface area (Å²) in [6, 6.07) is 0. The molecule has 3 fully saturated rings. The van der Waals surface area contributed by atoms with Gasteiger partial charge in [0.2, 0.25) is 0 Å². The highest BCUT2D eigenvalue weighted by molar-refractivity contribution is 7.80. The predicted octanol–water partition coefficient (Wildman–Crippen LogP) is 8.33. The number of hydrogen-bond acceptors (Lipinski definition) is 1. The van der Waals surface area contributed by atoms with E-state index in [-0.39, 0.29) is 0 Å². The summed E-state index contributed by atoms with van der Waals surface area (Å²) in [6.07, 6.45) is 18.4. The largest absolute Gasteiger partial charge is 0.176 e. The third-order valence-corrected chi connectivity index (χ3v) is 10.6. The zero-order chi connectivity index (χ0) is 20.1. The van der Waals surface area contributed by atoms with E-state index in [0.29, 0.717) is 16.1 Å². The SMILES string of the molecule is CC(C)CCCCC1C[C@H](C)C2C3CC=C4C[C@@H](S)CC[C@]4(C)C3CC[C@]12C. The van der Waals surface area contributed by atoms with E-state index in [1.807, 2.05) is 0 Å². The van der Waals surface area contributed by atoms with Crippen molar-refractivity contribution in [2.24, 2.45) is 46.3 Å². The molecule has 1 heteroatoms. The fraction of sp³-hybridized carbons (Fsp3) is 0.926. The smallest absolute Gasteiger partial charge is 0.00545 e. The van der Waals surface area contributed by atoms with E-state index in [4.69, 9.17) is 12.6 Å². The molecule has 0 nitrogen and oxygen atoms in total. The quantitative estimate of drug-likeness (QED) is 0.267. The van der Waals surface area contributed by atoms with Gasteiger partial charge in [-0.3, -0.25) is 0 Å². The molecule has 28 heavy (non-hydrogen) atoms. The van der Waals surface area contributed by atoms with Crippen LogP contribution < -0.4 is 0 Å². The van der Waals surface area contributed by atoms with E-state index in [1.165, 1.54) is 70.6 Å². The minimum Gasteiger partial charge on any atom is -0.176 e. The number of thiol groups is 1. The molecule has 0 aliphatic heterocycles. The molecule has 0 saturated heterocycles. The van der Waals surface area contributed by atoms with Gasteiger partial charge in [0.25, 0.3) is 0 Å². The molecule has 0 bridgehead atoms. The van der Waals surface area contributed by atoms with E-state index >= 15 is 0 Å². The second kappa shape index (κ2) is 7.97. The van der Waals surface area contributed by atoms with E-state index in [0.717, 1.165) is 35.5 Å². The van der Waals surface area contributed by atoms with Crippen molar-refractivity contribution in [2.75, 3.05) is 0 Å². The van der Waals surface area contributed by atoms with Gasteiger partial charge in [0.1, 0.15) is 0 Å². The minimum absolute atomic E-state index is 0.499. The Morgan fingerprint density at radius 2 is 1.93 bits per heavy atom. The van der Waals surface area contributed by atoms with Crippen LogP contribution in [0.4, 0.5) is 0 Å². The molecule has 0 heterocycles. The van der Waals surface area contributed by atoms with Crippen molar-refractivity contribution in [1.82, 2.24) is 0 Å². The number of fused-ring (bicyclic) bond motifs is 5. The Hall–Kier alpha value is 0.0900. The van der Waals surface area contributed by atoms with E-state index < -0.39 is 0 Å². The van der Waals surface area contributed by atoms with Gasteiger partial charge in [-0.1, -0.05) is 65.5 Å². The first-order valence-electron chi connectivity index (χ1n) is 12.6. The lowest BCUT2D eigenvalue weighted by molar-refractivity contribution is -0.0525. The topological polar surface area (TPSA) is 0 Å². The van der Waals surface area contributed by atoms with E-state index in [1.54, 1.807) is 5.57 Å². The van der Waals surface area contributed by atoms with Crippen LogP contribution >= 0.6 is 12.6 Å². The molecular weight excluding hydrogens is 356 g/mol. The highest BCUT2D eigenvalue weighted by Crippen LogP contribution is 2.68. The van der Waals surface area contributed by atoms with Gasteiger partial charge in [0.15, 0.2) is 0 Å². The van der Waals surface area contributed by atoms with E-state index in [9.17, 15) is 0 Å². The molecule has 0 radical (unpaired) electrons. The molecule has 0 amide bonds. The molecule has 160 valence electrons. The second-order valence-corrected chi connectivity index (χ2v) is 12.9. The van der Waals surface area contributed by atoms with Crippen LogP contribution in [-0.4, -0.2) is 5.25 Å². The van der Waals surface area contributed by atoms with Crippen molar-refractivity contribution >= 4 is 12.6 Å². The van der Waals surface area contributed by atoms with Gasteiger partial charge in [0.05, 0.1) is 0 Å². The minimum atomic E-state index is 0.499. The van der Waals surface area contributed by atoms with Gasteiger partial charge in [-0.05, 0) is 97.7 Å². The number of rotatable bonds is 5. The average molecular weight is 403 g/mol. The lowest BCUT2D eigenvalue weighted by Crippen LogP contribution is -2.51. The van der Waals surface area contributed by atoms with Gasteiger partial charge in [-0.15, -0.1) is 0 Å². The van der Waals surface area contributed by atoms with Gasteiger partial charge in [0, 0.05) is 5.25 Å². The molecule has 4 aliphatic rings. The third kappa shape index (κ3) is 3.54.